The first kappa shape index (κ1) is 21.5. The monoisotopic (exact) mass is 411 g/mol. The average molecular weight is 411 g/mol. The minimum absolute atomic E-state index is 0.107. The lowest BCUT2D eigenvalue weighted by Gasteiger charge is -2.44. The maximum atomic E-state index is 15.6. The third kappa shape index (κ3) is 3.91. The van der Waals surface area contributed by atoms with Crippen molar-refractivity contribution in [3.63, 3.8) is 0 Å². The van der Waals surface area contributed by atoms with Gasteiger partial charge in [-0.05, 0) is 36.4 Å². The Morgan fingerprint density at radius 1 is 0.833 bits per heavy atom. The van der Waals surface area contributed by atoms with E-state index in [0.717, 1.165) is 6.07 Å². The van der Waals surface area contributed by atoms with Gasteiger partial charge in [-0.2, -0.15) is 8.78 Å². The molecule has 30 heavy (non-hydrogen) atoms. The number of aliphatic hydroxyl groups is 1. The highest BCUT2D eigenvalue weighted by Gasteiger charge is 2.62. The van der Waals surface area contributed by atoms with E-state index in [-0.39, 0.29) is 11.4 Å². The number of halogens is 3. The van der Waals surface area contributed by atoms with Crippen LogP contribution in [0, 0.1) is 23.1 Å². The van der Waals surface area contributed by atoms with Crippen LogP contribution in [0.3, 0.4) is 0 Å². The van der Waals surface area contributed by atoms with Crippen molar-refractivity contribution < 1.29 is 18.3 Å². The van der Waals surface area contributed by atoms with Crippen LogP contribution in [-0.2, 0) is 11.5 Å². The van der Waals surface area contributed by atoms with Gasteiger partial charge in [-0.3, -0.25) is 4.98 Å². The molecular formula is C23H20F3N3O. The Balaban J connectivity index is 1.96. The van der Waals surface area contributed by atoms with Crippen LogP contribution in [0.4, 0.5) is 13.2 Å². The molecule has 2 heterocycles. The summed E-state index contributed by atoms with van der Waals surface area (Å²) in [5.74, 6) is 1.51. The van der Waals surface area contributed by atoms with Gasteiger partial charge in [-0.25, -0.2) is 14.4 Å². The van der Waals surface area contributed by atoms with Gasteiger partial charge in [-0.1, -0.05) is 32.6 Å². The van der Waals surface area contributed by atoms with E-state index in [1.54, 1.807) is 0 Å². The van der Waals surface area contributed by atoms with Gasteiger partial charge < -0.3 is 5.11 Å². The Morgan fingerprint density at radius 2 is 1.40 bits per heavy atom. The van der Waals surface area contributed by atoms with Crippen LogP contribution < -0.4 is 0 Å². The van der Waals surface area contributed by atoms with E-state index < -0.39 is 22.6 Å². The number of pyridine rings is 1. The van der Waals surface area contributed by atoms with E-state index in [9.17, 15) is 9.50 Å². The molecule has 0 spiro atoms. The first-order valence-corrected chi connectivity index (χ1v) is 9.15. The first-order chi connectivity index (χ1) is 14.1. The van der Waals surface area contributed by atoms with Gasteiger partial charge >= 0.3 is 5.92 Å². The van der Waals surface area contributed by atoms with Crippen LogP contribution in [0.2, 0.25) is 0 Å². The zero-order valence-corrected chi connectivity index (χ0v) is 16.7. The fourth-order valence-electron chi connectivity index (χ4n) is 3.09. The third-order valence-corrected chi connectivity index (χ3v) is 4.80. The highest BCUT2D eigenvalue weighted by Crippen LogP contribution is 2.53. The molecule has 1 N–H and O–H groups in total. The molecule has 1 unspecified atom stereocenters. The molecule has 0 saturated heterocycles. The number of rotatable bonds is 3. The number of hydrogen-bond donors (Lipinski definition) is 1. The van der Waals surface area contributed by atoms with Crippen LogP contribution in [0.25, 0.3) is 0 Å². The molecular weight excluding hydrogens is 391 g/mol. The van der Waals surface area contributed by atoms with Crippen molar-refractivity contribution in [1.29, 1.82) is 0 Å². The Kier molecular flexibility index (Phi) is 5.64. The molecule has 0 bridgehead atoms. The molecule has 3 rings (SSSR count). The van der Waals surface area contributed by atoms with Crippen LogP contribution >= 0.6 is 0 Å². The van der Waals surface area contributed by atoms with Crippen molar-refractivity contribution in [2.45, 2.75) is 32.3 Å². The SMILES string of the molecule is CC(C)(C)C(O)(c1cncnc1)C(F)(F)c1ccc(C#Cc2ccc(F)cc2)cn1. The first-order valence-electron chi connectivity index (χ1n) is 9.15. The lowest BCUT2D eigenvalue weighted by molar-refractivity contribution is -0.246. The molecule has 0 aliphatic heterocycles. The smallest absolute Gasteiger partial charge is 0.322 e. The highest BCUT2D eigenvalue weighted by atomic mass is 19.3. The van der Waals surface area contributed by atoms with Gasteiger partial charge in [0.1, 0.15) is 17.8 Å². The summed E-state index contributed by atoms with van der Waals surface area (Å²) in [4.78, 5) is 11.4. The molecule has 0 radical (unpaired) electrons. The summed E-state index contributed by atoms with van der Waals surface area (Å²) in [7, 11) is 0. The van der Waals surface area contributed by atoms with E-state index in [0.29, 0.717) is 11.1 Å². The van der Waals surface area contributed by atoms with Crippen molar-refractivity contribution in [3.8, 4) is 11.8 Å². The molecule has 0 saturated carbocycles. The van der Waals surface area contributed by atoms with Gasteiger partial charge in [-0.15, -0.1) is 0 Å². The van der Waals surface area contributed by atoms with Gasteiger partial charge in [0, 0.05) is 40.7 Å². The summed E-state index contributed by atoms with van der Waals surface area (Å²) in [6.45, 7) is 4.53. The second-order valence-corrected chi connectivity index (χ2v) is 7.85. The number of alkyl halides is 2. The molecule has 2 aromatic heterocycles. The van der Waals surface area contributed by atoms with E-state index in [2.05, 4.69) is 26.8 Å². The topological polar surface area (TPSA) is 58.9 Å². The molecule has 4 nitrogen and oxygen atoms in total. The zero-order chi connectivity index (χ0) is 22.0. The lowest BCUT2D eigenvalue weighted by atomic mass is 9.68. The standard InChI is InChI=1S/C23H20F3N3O/c1-21(2,3)22(30,18-13-27-15-28-14-18)23(25,26)20-11-8-17(12-29-20)5-4-16-6-9-19(24)10-7-16/h6-15,30H,1-3H3. The van der Waals surface area contributed by atoms with Crippen molar-refractivity contribution in [1.82, 2.24) is 15.0 Å². The summed E-state index contributed by atoms with van der Waals surface area (Å²) in [5.41, 5.74) is -3.58. The summed E-state index contributed by atoms with van der Waals surface area (Å²) < 4.78 is 44.1. The predicted octanol–water partition coefficient (Wildman–Crippen LogP) is 4.44. The fourth-order valence-corrected chi connectivity index (χ4v) is 3.09. The number of hydrogen-bond acceptors (Lipinski definition) is 4. The largest absolute Gasteiger partial charge is 0.378 e. The Morgan fingerprint density at radius 3 is 1.93 bits per heavy atom. The number of aromatic nitrogens is 3. The number of benzene rings is 1. The van der Waals surface area contributed by atoms with Crippen LogP contribution in [0.15, 0.2) is 61.3 Å². The summed E-state index contributed by atoms with van der Waals surface area (Å²) in [6.07, 6.45) is 4.77. The van der Waals surface area contributed by atoms with Gasteiger partial charge in [0.2, 0.25) is 0 Å². The van der Waals surface area contributed by atoms with Gasteiger partial charge in [0.25, 0.3) is 0 Å². The maximum absolute atomic E-state index is 15.6. The van der Waals surface area contributed by atoms with Crippen LogP contribution in [0.5, 0.6) is 0 Å². The minimum atomic E-state index is -3.74. The zero-order valence-electron chi connectivity index (χ0n) is 16.7. The van der Waals surface area contributed by atoms with Crippen LogP contribution in [-0.4, -0.2) is 20.1 Å². The highest BCUT2D eigenvalue weighted by molar-refractivity contribution is 5.42. The van der Waals surface area contributed by atoms with Crippen molar-refractivity contribution >= 4 is 0 Å². The van der Waals surface area contributed by atoms with Crippen molar-refractivity contribution in [3.05, 3.63) is 89.5 Å². The molecule has 7 heteroatoms. The summed E-state index contributed by atoms with van der Waals surface area (Å²) >= 11 is 0. The normalized spacial score (nSPS) is 13.8. The molecule has 3 aromatic rings. The lowest BCUT2D eigenvalue weighted by Crippen LogP contribution is -2.53. The van der Waals surface area contributed by atoms with E-state index in [1.807, 2.05) is 0 Å². The third-order valence-electron chi connectivity index (χ3n) is 4.80. The quantitative estimate of drug-likeness (QED) is 0.648. The van der Waals surface area contributed by atoms with E-state index >= 15 is 8.78 Å². The number of nitrogens with zero attached hydrogens (tertiary/aromatic N) is 3. The second kappa shape index (κ2) is 7.88. The summed E-state index contributed by atoms with van der Waals surface area (Å²) in [5, 5.41) is 11.2. The van der Waals surface area contributed by atoms with Crippen molar-refractivity contribution in [2.24, 2.45) is 5.41 Å². The van der Waals surface area contributed by atoms with E-state index in [1.165, 1.54) is 76.0 Å². The van der Waals surface area contributed by atoms with Gasteiger partial charge in [0.15, 0.2) is 5.60 Å². The molecule has 154 valence electrons. The average Bonchev–Trinajstić information content (AvgIpc) is 2.72. The Bertz CT molecular complexity index is 1070. The fraction of sp³-hybridized carbons (Fsp3) is 0.261. The van der Waals surface area contributed by atoms with E-state index in [4.69, 9.17) is 0 Å². The molecule has 0 amide bonds. The minimum Gasteiger partial charge on any atom is -0.378 e. The predicted molar refractivity (Wildman–Crippen MR) is 106 cm³/mol. The van der Waals surface area contributed by atoms with Crippen LogP contribution in [0.1, 0.15) is 43.2 Å². The Labute approximate surface area is 172 Å². The molecule has 0 fully saturated rings. The van der Waals surface area contributed by atoms with Gasteiger partial charge in [0.05, 0.1) is 0 Å². The molecule has 1 atom stereocenters. The maximum Gasteiger partial charge on any atom is 0.322 e. The molecule has 0 aliphatic rings. The van der Waals surface area contributed by atoms with Crippen molar-refractivity contribution in [2.75, 3.05) is 0 Å². The second-order valence-electron chi connectivity index (χ2n) is 7.85. The summed E-state index contributed by atoms with van der Waals surface area (Å²) in [6, 6.07) is 8.14. The molecule has 0 aliphatic carbocycles. The molecule has 1 aromatic carbocycles. The Hall–Kier alpha value is -3.24.